The molecule has 2 aromatic rings. The maximum absolute atomic E-state index is 12.1. The summed E-state index contributed by atoms with van der Waals surface area (Å²) in [7, 11) is -3.93. The molecule has 6 nitrogen and oxygen atoms in total. The van der Waals surface area contributed by atoms with E-state index in [0.717, 1.165) is 0 Å². The van der Waals surface area contributed by atoms with E-state index in [0.29, 0.717) is 10.0 Å². The van der Waals surface area contributed by atoms with Gasteiger partial charge in [-0.05, 0) is 49.4 Å². The third-order valence-corrected chi connectivity index (χ3v) is 5.05. The van der Waals surface area contributed by atoms with E-state index in [1.165, 1.54) is 43.3 Å². The van der Waals surface area contributed by atoms with Crippen LogP contribution in [-0.4, -0.2) is 20.4 Å². The van der Waals surface area contributed by atoms with Crippen molar-refractivity contribution in [3.05, 3.63) is 57.5 Å². The summed E-state index contributed by atoms with van der Waals surface area (Å²) >= 11 is 17.4. The molecule has 0 aliphatic heterocycles. The van der Waals surface area contributed by atoms with Crippen LogP contribution in [0.5, 0.6) is 5.75 Å². The summed E-state index contributed by atoms with van der Waals surface area (Å²) in [5, 5.41) is 1.05. The fraction of sp³-hybridized carbons (Fsp3) is 0.133. The molecular formula is C15H13Cl3N2O4S. The fourth-order valence-corrected chi connectivity index (χ4v) is 3.13. The molecule has 1 atom stereocenters. The van der Waals surface area contributed by atoms with Crippen molar-refractivity contribution >= 4 is 50.7 Å². The number of carbonyl (C=O) groups is 1. The minimum atomic E-state index is -3.93. The van der Waals surface area contributed by atoms with Crippen molar-refractivity contribution in [3.63, 3.8) is 0 Å². The van der Waals surface area contributed by atoms with E-state index in [-0.39, 0.29) is 15.7 Å². The maximum Gasteiger partial charge on any atom is 0.275 e. The number of rotatable bonds is 6. The first-order valence-electron chi connectivity index (χ1n) is 6.88. The normalized spacial score (nSPS) is 12.5. The number of ether oxygens (including phenoxy) is 1. The quantitative estimate of drug-likeness (QED) is 0.697. The molecule has 0 saturated heterocycles. The average Bonchev–Trinajstić information content (AvgIpc) is 2.55. The van der Waals surface area contributed by atoms with Crippen LogP contribution in [0.1, 0.15) is 6.92 Å². The summed E-state index contributed by atoms with van der Waals surface area (Å²) < 4.78 is 29.5. The molecule has 2 rings (SSSR count). The molecule has 0 fully saturated rings. The van der Waals surface area contributed by atoms with Crippen LogP contribution in [0.25, 0.3) is 0 Å². The Morgan fingerprint density at radius 1 is 1.04 bits per heavy atom. The average molecular weight is 424 g/mol. The molecule has 0 radical (unpaired) electrons. The Labute approximate surface area is 160 Å². The van der Waals surface area contributed by atoms with Gasteiger partial charge in [0.05, 0.1) is 9.92 Å². The lowest BCUT2D eigenvalue weighted by Gasteiger charge is -2.16. The van der Waals surface area contributed by atoms with Gasteiger partial charge < -0.3 is 4.74 Å². The van der Waals surface area contributed by atoms with E-state index >= 15 is 0 Å². The second kappa shape index (κ2) is 8.25. The number of halogens is 3. The van der Waals surface area contributed by atoms with Crippen LogP contribution < -0.4 is 15.0 Å². The smallest absolute Gasteiger partial charge is 0.275 e. The van der Waals surface area contributed by atoms with Gasteiger partial charge in [-0.3, -0.25) is 10.2 Å². The van der Waals surface area contributed by atoms with Crippen LogP contribution in [-0.2, 0) is 14.8 Å². The molecule has 0 spiro atoms. The maximum atomic E-state index is 12.1. The molecule has 0 saturated carbocycles. The molecule has 0 unspecified atom stereocenters. The highest BCUT2D eigenvalue weighted by molar-refractivity contribution is 7.89. The standard InChI is InChI=1S/C15H13Cl3N2O4S/c1-9(24-14-7-4-11(17)8-13(14)18)15(21)19-20-25(22,23)12-5-2-10(16)3-6-12/h2-9,20H,1H3,(H,19,21)/t9-/m1/s1. The van der Waals surface area contributed by atoms with Crippen LogP contribution in [0.4, 0.5) is 0 Å². The zero-order valence-corrected chi connectivity index (χ0v) is 15.9. The van der Waals surface area contributed by atoms with Gasteiger partial charge in [0.15, 0.2) is 6.10 Å². The van der Waals surface area contributed by atoms with E-state index < -0.39 is 22.0 Å². The summed E-state index contributed by atoms with van der Waals surface area (Å²) in [6, 6.07) is 9.99. The van der Waals surface area contributed by atoms with Crippen molar-refractivity contribution in [2.45, 2.75) is 17.9 Å². The molecule has 0 heterocycles. The summed E-state index contributed by atoms with van der Waals surface area (Å²) in [4.78, 5) is 13.9. The highest BCUT2D eigenvalue weighted by Gasteiger charge is 2.20. The number of benzene rings is 2. The van der Waals surface area contributed by atoms with Crippen LogP contribution in [0.3, 0.4) is 0 Å². The number of sulfonamides is 1. The van der Waals surface area contributed by atoms with Gasteiger partial charge in [0, 0.05) is 10.0 Å². The summed E-state index contributed by atoms with van der Waals surface area (Å²) in [5.41, 5.74) is 2.08. The third kappa shape index (κ3) is 5.49. The van der Waals surface area contributed by atoms with E-state index in [1.807, 2.05) is 4.83 Å². The summed E-state index contributed by atoms with van der Waals surface area (Å²) in [6.07, 6.45) is -1.01. The lowest BCUT2D eigenvalue weighted by atomic mass is 10.3. The fourth-order valence-electron chi connectivity index (χ4n) is 1.71. The number of hydrogen-bond acceptors (Lipinski definition) is 4. The molecule has 10 heteroatoms. The molecule has 134 valence electrons. The first kappa shape index (κ1) is 19.8. The van der Waals surface area contributed by atoms with Gasteiger partial charge >= 0.3 is 0 Å². The molecule has 0 aliphatic rings. The number of carbonyl (C=O) groups excluding carboxylic acids is 1. The zero-order chi connectivity index (χ0) is 18.6. The Morgan fingerprint density at radius 2 is 1.64 bits per heavy atom. The lowest BCUT2D eigenvalue weighted by Crippen LogP contribution is -2.47. The predicted octanol–water partition coefficient (Wildman–Crippen LogP) is 3.42. The monoisotopic (exact) mass is 422 g/mol. The van der Waals surface area contributed by atoms with E-state index in [1.54, 1.807) is 6.07 Å². The predicted molar refractivity (Wildman–Crippen MR) is 96.5 cm³/mol. The number of hydrazine groups is 1. The van der Waals surface area contributed by atoms with Gasteiger partial charge in [-0.2, -0.15) is 0 Å². The van der Waals surface area contributed by atoms with Crippen molar-refractivity contribution in [3.8, 4) is 5.75 Å². The van der Waals surface area contributed by atoms with Crippen LogP contribution in [0.2, 0.25) is 15.1 Å². The van der Waals surface area contributed by atoms with Crippen molar-refractivity contribution in [1.29, 1.82) is 0 Å². The number of amides is 1. The van der Waals surface area contributed by atoms with Gasteiger partial charge in [-0.15, -0.1) is 4.83 Å². The van der Waals surface area contributed by atoms with Gasteiger partial charge in [0.2, 0.25) is 0 Å². The van der Waals surface area contributed by atoms with E-state index in [4.69, 9.17) is 39.5 Å². The van der Waals surface area contributed by atoms with Gasteiger partial charge in [0.1, 0.15) is 5.75 Å². The van der Waals surface area contributed by atoms with Crippen molar-refractivity contribution in [2.24, 2.45) is 0 Å². The molecule has 1 amide bonds. The first-order valence-corrected chi connectivity index (χ1v) is 9.49. The zero-order valence-electron chi connectivity index (χ0n) is 12.8. The van der Waals surface area contributed by atoms with Gasteiger partial charge in [0.25, 0.3) is 15.9 Å². The molecule has 25 heavy (non-hydrogen) atoms. The van der Waals surface area contributed by atoms with Gasteiger partial charge in [-0.1, -0.05) is 34.8 Å². The molecule has 0 aliphatic carbocycles. The molecule has 2 N–H and O–H groups in total. The van der Waals surface area contributed by atoms with E-state index in [9.17, 15) is 13.2 Å². The Balaban J connectivity index is 1.98. The summed E-state index contributed by atoms with van der Waals surface area (Å²) in [6.45, 7) is 1.44. The highest BCUT2D eigenvalue weighted by atomic mass is 35.5. The summed E-state index contributed by atoms with van der Waals surface area (Å²) in [5.74, 6) is -0.460. The topological polar surface area (TPSA) is 84.5 Å². The molecule has 0 bridgehead atoms. The Hall–Kier alpha value is -1.51. The minimum absolute atomic E-state index is 0.0495. The Bertz CT molecular complexity index is 873. The SMILES string of the molecule is C[C@@H](Oc1ccc(Cl)cc1Cl)C(=O)NNS(=O)(=O)c1ccc(Cl)cc1. The molecule has 2 aromatic carbocycles. The largest absolute Gasteiger partial charge is 0.479 e. The van der Waals surface area contributed by atoms with Crippen molar-refractivity contribution < 1.29 is 17.9 Å². The highest BCUT2D eigenvalue weighted by Crippen LogP contribution is 2.28. The van der Waals surface area contributed by atoms with Crippen molar-refractivity contribution in [2.75, 3.05) is 0 Å². The first-order chi connectivity index (χ1) is 11.7. The van der Waals surface area contributed by atoms with Crippen LogP contribution in [0.15, 0.2) is 47.4 Å². The van der Waals surface area contributed by atoms with Crippen LogP contribution >= 0.6 is 34.8 Å². The lowest BCUT2D eigenvalue weighted by molar-refractivity contribution is -0.127. The second-order valence-electron chi connectivity index (χ2n) is 4.88. The Kier molecular flexibility index (Phi) is 6.53. The van der Waals surface area contributed by atoms with Crippen molar-refractivity contribution in [1.82, 2.24) is 10.3 Å². The molecule has 0 aromatic heterocycles. The third-order valence-electron chi connectivity index (χ3n) is 3.00. The van der Waals surface area contributed by atoms with Gasteiger partial charge in [-0.25, -0.2) is 8.42 Å². The molecular weight excluding hydrogens is 411 g/mol. The number of nitrogens with one attached hydrogen (secondary N) is 2. The van der Waals surface area contributed by atoms with E-state index in [2.05, 4.69) is 5.43 Å². The second-order valence-corrected chi connectivity index (χ2v) is 7.85. The number of hydrogen-bond donors (Lipinski definition) is 2. The Morgan fingerprint density at radius 3 is 2.24 bits per heavy atom. The van der Waals surface area contributed by atoms with Crippen LogP contribution in [0, 0.1) is 0 Å². The minimum Gasteiger partial charge on any atom is -0.479 e.